The molecule has 28 heavy (non-hydrogen) atoms. The van der Waals surface area contributed by atoms with Crippen molar-refractivity contribution in [3.05, 3.63) is 80.8 Å². The molecule has 3 aromatic rings. The van der Waals surface area contributed by atoms with Gasteiger partial charge in [0.05, 0.1) is 20.5 Å². The van der Waals surface area contributed by atoms with Crippen LogP contribution in [-0.4, -0.2) is 13.5 Å². The fourth-order valence-electron chi connectivity index (χ4n) is 2.68. The van der Waals surface area contributed by atoms with Crippen molar-refractivity contribution in [1.29, 1.82) is 0 Å². The molecule has 0 aromatic heterocycles. The van der Waals surface area contributed by atoms with Crippen LogP contribution in [0.3, 0.4) is 0 Å². The Morgan fingerprint density at radius 3 is 2.32 bits per heavy atom. The first-order chi connectivity index (χ1) is 13.2. The number of hydrogen-bond acceptors (Lipinski definition) is 4. The maximum Gasteiger partial charge on any atom is 0.206 e. The van der Waals surface area contributed by atoms with Gasteiger partial charge in [0.15, 0.2) is 5.75 Å². The summed E-state index contributed by atoms with van der Waals surface area (Å²) in [6.07, 6.45) is 0. The number of rotatable bonds is 5. The molecule has 2 N–H and O–H groups in total. The molecular weight excluding hydrogens is 441 g/mol. The van der Waals surface area contributed by atoms with Gasteiger partial charge in [0, 0.05) is 16.6 Å². The van der Waals surface area contributed by atoms with Crippen molar-refractivity contribution in [2.75, 3.05) is 5.32 Å². The Balaban J connectivity index is 1.95. The molecule has 0 spiro atoms. The van der Waals surface area contributed by atoms with Crippen LogP contribution in [0.5, 0.6) is 5.75 Å². The Morgan fingerprint density at radius 2 is 1.64 bits per heavy atom. The molecule has 0 bridgehead atoms. The molecule has 0 aliphatic carbocycles. The first kappa shape index (κ1) is 20.8. The fourth-order valence-corrected chi connectivity index (χ4v) is 4.75. The van der Waals surface area contributed by atoms with Crippen molar-refractivity contribution < 1.29 is 13.5 Å². The van der Waals surface area contributed by atoms with Crippen LogP contribution in [0.25, 0.3) is 0 Å². The summed E-state index contributed by atoms with van der Waals surface area (Å²) in [5.41, 5.74) is 1.42. The summed E-state index contributed by atoms with van der Waals surface area (Å²) in [5, 5.41) is 14.2. The number of halogens is 3. The normalized spacial score (nSPS) is 11.4. The van der Waals surface area contributed by atoms with Crippen molar-refractivity contribution in [3.8, 4) is 5.75 Å². The quantitative estimate of drug-likeness (QED) is 0.455. The largest absolute Gasteiger partial charge is 0.504 e. The number of nitrogens with one attached hydrogen (secondary N) is 1. The van der Waals surface area contributed by atoms with E-state index in [0.29, 0.717) is 26.9 Å². The standard InChI is InChI=1S/C20H16Cl3NO3S/c1-12-16(22)10-17(20(25)19(12)23)24-11-13-4-2-3-5-18(13)28(26,27)15-8-6-14(21)7-9-15/h2-10,24-25H,11H2,1H3. The van der Waals surface area contributed by atoms with Gasteiger partial charge in [0.2, 0.25) is 9.84 Å². The number of benzene rings is 3. The summed E-state index contributed by atoms with van der Waals surface area (Å²) in [7, 11) is -3.74. The van der Waals surface area contributed by atoms with Gasteiger partial charge in [-0.15, -0.1) is 0 Å². The summed E-state index contributed by atoms with van der Waals surface area (Å²) >= 11 is 18.1. The SMILES string of the molecule is Cc1c(Cl)cc(NCc2ccccc2S(=O)(=O)c2ccc(Cl)cc2)c(O)c1Cl. The Kier molecular flexibility index (Phi) is 6.10. The Labute approximate surface area is 178 Å². The number of phenolic OH excluding ortho intramolecular Hbond substituents is 1. The lowest BCUT2D eigenvalue weighted by Gasteiger charge is -2.15. The fraction of sp³-hybridized carbons (Fsp3) is 0.100. The third kappa shape index (κ3) is 4.08. The van der Waals surface area contributed by atoms with E-state index in [2.05, 4.69) is 5.32 Å². The zero-order chi connectivity index (χ0) is 20.5. The second-order valence-corrected chi connectivity index (χ2v) is 9.25. The molecule has 0 unspecified atom stereocenters. The molecular formula is C20H16Cl3NO3S. The predicted molar refractivity (Wildman–Crippen MR) is 114 cm³/mol. The van der Waals surface area contributed by atoms with E-state index in [4.69, 9.17) is 34.8 Å². The molecule has 0 aliphatic rings. The first-order valence-corrected chi connectivity index (χ1v) is 10.8. The van der Waals surface area contributed by atoms with Gasteiger partial charge < -0.3 is 10.4 Å². The molecule has 0 saturated carbocycles. The molecule has 0 amide bonds. The van der Waals surface area contributed by atoms with Crippen molar-refractivity contribution >= 4 is 50.3 Å². The highest BCUT2D eigenvalue weighted by atomic mass is 35.5. The van der Waals surface area contributed by atoms with Gasteiger partial charge in [-0.05, 0) is 54.4 Å². The lowest BCUT2D eigenvalue weighted by Crippen LogP contribution is -2.09. The topological polar surface area (TPSA) is 66.4 Å². The first-order valence-electron chi connectivity index (χ1n) is 8.22. The molecule has 146 valence electrons. The number of aromatic hydroxyl groups is 1. The molecule has 0 heterocycles. The third-order valence-corrected chi connectivity index (χ3v) is 7.25. The molecule has 3 rings (SSSR count). The van der Waals surface area contributed by atoms with E-state index in [1.165, 1.54) is 30.3 Å². The van der Waals surface area contributed by atoms with E-state index in [1.807, 2.05) is 0 Å². The van der Waals surface area contributed by atoms with Crippen LogP contribution >= 0.6 is 34.8 Å². The van der Waals surface area contributed by atoms with E-state index in [-0.39, 0.29) is 27.1 Å². The highest BCUT2D eigenvalue weighted by Gasteiger charge is 2.21. The zero-order valence-corrected chi connectivity index (χ0v) is 17.8. The molecule has 4 nitrogen and oxygen atoms in total. The molecule has 0 atom stereocenters. The average Bonchev–Trinajstić information content (AvgIpc) is 2.68. The number of anilines is 1. The predicted octanol–water partition coefficient (Wildman–Crippen LogP) is 6.11. The van der Waals surface area contributed by atoms with Crippen LogP contribution in [-0.2, 0) is 16.4 Å². The second-order valence-electron chi connectivity index (χ2n) is 6.11. The van der Waals surface area contributed by atoms with Gasteiger partial charge in [0.1, 0.15) is 0 Å². The second kappa shape index (κ2) is 8.21. The van der Waals surface area contributed by atoms with Crippen molar-refractivity contribution in [3.63, 3.8) is 0 Å². The van der Waals surface area contributed by atoms with Crippen LogP contribution in [0.4, 0.5) is 5.69 Å². The van der Waals surface area contributed by atoms with Crippen LogP contribution in [0.1, 0.15) is 11.1 Å². The van der Waals surface area contributed by atoms with E-state index in [9.17, 15) is 13.5 Å². The molecule has 0 saturated heterocycles. The lowest BCUT2D eigenvalue weighted by molar-refractivity contribution is 0.477. The Bertz CT molecular complexity index is 1130. The molecule has 0 radical (unpaired) electrons. The minimum atomic E-state index is -3.74. The molecule has 3 aromatic carbocycles. The number of sulfone groups is 1. The molecule has 8 heteroatoms. The minimum absolute atomic E-state index is 0.137. The van der Waals surface area contributed by atoms with Crippen LogP contribution in [0.2, 0.25) is 15.1 Å². The van der Waals surface area contributed by atoms with E-state index in [0.717, 1.165) is 0 Å². The minimum Gasteiger partial charge on any atom is -0.504 e. The van der Waals surface area contributed by atoms with Gasteiger partial charge >= 0.3 is 0 Å². The average molecular weight is 457 g/mol. The summed E-state index contributed by atoms with van der Waals surface area (Å²) in [6, 6.07) is 14.2. The Morgan fingerprint density at radius 1 is 1.00 bits per heavy atom. The summed E-state index contributed by atoms with van der Waals surface area (Å²) in [6.45, 7) is 1.84. The van der Waals surface area contributed by atoms with E-state index in [1.54, 1.807) is 31.2 Å². The van der Waals surface area contributed by atoms with Crippen molar-refractivity contribution in [2.45, 2.75) is 23.3 Å². The summed E-state index contributed by atoms with van der Waals surface area (Å²) < 4.78 is 26.1. The van der Waals surface area contributed by atoms with E-state index >= 15 is 0 Å². The molecule has 0 aliphatic heterocycles. The summed E-state index contributed by atoms with van der Waals surface area (Å²) in [4.78, 5) is 0.308. The van der Waals surface area contributed by atoms with E-state index < -0.39 is 9.84 Å². The zero-order valence-electron chi connectivity index (χ0n) is 14.7. The van der Waals surface area contributed by atoms with Crippen LogP contribution in [0, 0.1) is 6.92 Å². The highest BCUT2D eigenvalue weighted by molar-refractivity contribution is 7.91. The van der Waals surface area contributed by atoms with Crippen molar-refractivity contribution in [1.82, 2.24) is 0 Å². The highest BCUT2D eigenvalue weighted by Crippen LogP contribution is 2.39. The van der Waals surface area contributed by atoms with Gasteiger partial charge in [-0.2, -0.15) is 0 Å². The van der Waals surface area contributed by atoms with Gasteiger partial charge in [-0.25, -0.2) is 8.42 Å². The Hall–Kier alpha value is -1.92. The molecule has 0 fully saturated rings. The summed E-state index contributed by atoms with van der Waals surface area (Å²) in [5.74, 6) is -0.137. The van der Waals surface area contributed by atoms with Crippen LogP contribution < -0.4 is 5.32 Å². The number of phenols is 1. The van der Waals surface area contributed by atoms with Gasteiger partial charge in [0.25, 0.3) is 0 Å². The van der Waals surface area contributed by atoms with Crippen molar-refractivity contribution in [2.24, 2.45) is 0 Å². The maximum absolute atomic E-state index is 13.0. The van der Waals surface area contributed by atoms with Crippen LogP contribution in [0.15, 0.2) is 64.4 Å². The lowest BCUT2D eigenvalue weighted by atomic mass is 10.2. The van der Waals surface area contributed by atoms with Gasteiger partial charge in [-0.3, -0.25) is 0 Å². The number of hydrogen-bond donors (Lipinski definition) is 2. The van der Waals surface area contributed by atoms with Gasteiger partial charge in [-0.1, -0.05) is 53.0 Å². The monoisotopic (exact) mass is 455 g/mol. The smallest absolute Gasteiger partial charge is 0.206 e. The maximum atomic E-state index is 13.0. The third-order valence-electron chi connectivity index (χ3n) is 4.28.